The van der Waals surface area contributed by atoms with Crippen molar-refractivity contribution in [1.82, 2.24) is 0 Å². The molecule has 0 aromatic heterocycles. The molecule has 2 unspecified atom stereocenters. The Labute approximate surface area is 96.4 Å². The van der Waals surface area contributed by atoms with Crippen LogP contribution in [-0.4, -0.2) is 13.7 Å². The minimum Gasteiger partial charge on any atom is -0.212 e. The highest BCUT2D eigenvalue weighted by Gasteiger charge is 2.48. The van der Waals surface area contributed by atoms with Gasteiger partial charge in [0.25, 0.3) is 0 Å². The van der Waals surface area contributed by atoms with Crippen molar-refractivity contribution in [3.05, 3.63) is 34.6 Å². The Morgan fingerprint density at radius 1 is 1.40 bits per heavy atom. The second-order valence-electron chi connectivity index (χ2n) is 3.52. The van der Waals surface area contributed by atoms with E-state index in [1.54, 1.807) is 0 Å². The summed E-state index contributed by atoms with van der Waals surface area (Å²) in [6.45, 7) is 0. The van der Waals surface area contributed by atoms with Gasteiger partial charge in [-0.3, -0.25) is 0 Å². The van der Waals surface area contributed by atoms with Gasteiger partial charge in [-0.25, -0.2) is 12.8 Å². The van der Waals surface area contributed by atoms with Crippen molar-refractivity contribution < 1.29 is 12.8 Å². The molecular formula is C9H7Cl2FO2S. The molecule has 82 valence electrons. The van der Waals surface area contributed by atoms with Gasteiger partial charge in [0, 0.05) is 21.6 Å². The number of hydrogen-bond acceptors (Lipinski definition) is 2. The van der Waals surface area contributed by atoms with Crippen LogP contribution in [0.1, 0.15) is 17.9 Å². The topological polar surface area (TPSA) is 34.1 Å². The van der Waals surface area contributed by atoms with E-state index in [2.05, 4.69) is 0 Å². The molecule has 2 atom stereocenters. The highest BCUT2D eigenvalue weighted by molar-refractivity contribution is 8.14. The first-order valence-corrected chi connectivity index (χ1v) is 7.03. The molecule has 2 nitrogen and oxygen atoms in total. The molecule has 1 aromatic carbocycles. The number of benzene rings is 1. The van der Waals surface area contributed by atoms with Crippen molar-refractivity contribution in [3.63, 3.8) is 0 Å². The van der Waals surface area contributed by atoms with Gasteiger partial charge in [-0.05, 0) is 24.1 Å². The van der Waals surface area contributed by atoms with Crippen molar-refractivity contribution in [1.29, 1.82) is 0 Å². The van der Waals surface area contributed by atoms with Gasteiger partial charge in [0.2, 0.25) is 9.05 Å². The summed E-state index contributed by atoms with van der Waals surface area (Å²) in [6, 6.07) is 4.22. The van der Waals surface area contributed by atoms with Crippen LogP contribution in [0.4, 0.5) is 4.39 Å². The maximum absolute atomic E-state index is 13.4. The van der Waals surface area contributed by atoms with E-state index < -0.39 is 20.1 Å². The van der Waals surface area contributed by atoms with Crippen molar-refractivity contribution in [2.45, 2.75) is 17.6 Å². The third-order valence-corrected chi connectivity index (χ3v) is 4.62. The Bertz CT molecular complexity index is 501. The van der Waals surface area contributed by atoms with Crippen molar-refractivity contribution in [2.24, 2.45) is 0 Å². The van der Waals surface area contributed by atoms with Gasteiger partial charge in [-0.1, -0.05) is 17.7 Å². The van der Waals surface area contributed by atoms with Crippen molar-refractivity contribution in [3.8, 4) is 0 Å². The average Bonchev–Trinajstić information content (AvgIpc) is 2.82. The Kier molecular flexibility index (Phi) is 2.69. The number of halogens is 3. The molecule has 1 saturated carbocycles. The predicted molar refractivity (Wildman–Crippen MR) is 57.3 cm³/mol. The molecule has 0 radical (unpaired) electrons. The molecule has 1 fully saturated rings. The van der Waals surface area contributed by atoms with Crippen molar-refractivity contribution in [2.75, 3.05) is 0 Å². The summed E-state index contributed by atoms with van der Waals surface area (Å²) < 4.78 is 35.3. The van der Waals surface area contributed by atoms with Crippen LogP contribution in [-0.2, 0) is 9.05 Å². The van der Waals surface area contributed by atoms with Crippen LogP contribution in [0.3, 0.4) is 0 Å². The Hall–Kier alpha value is -0.320. The van der Waals surface area contributed by atoms with Gasteiger partial charge in [-0.15, -0.1) is 0 Å². The van der Waals surface area contributed by atoms with E-state index in [4.69, 9.17) is 22.3 Å². The Morgan fingerprint density at radius 2 is 2.07 bits per heavy atom. The fourth-order valence-electron chi connectivity index (χ4n) is 1.61. The molecule has 1 aromatic rings. The molecule has 0 saturated heterocycles. The largest absolute Gasteiger partial charge is 0.236 e. The summed E-state index contributed by atoms with van der Waals surface area (Å²) >= 11 is 5.58. The third kappa shape index (κ3) is 2.27. The summed E-state index contributed by atoms with van der Waals surface area (Å²) in [4.78, 5) is 0. The summed E-state index contributed by atoms with van der Waals surface area (Å²) in [7, 11) is 1.60. The average molecular weight is 269 g/mol. The lowest BCUT2D eigenvalue weighted by Gasteiger charge is -2.01. The molecule has 1 aliphatic rings. The van der Waals surface area contributed by atoms with Crippen LogP contribution in [0.15, 0.2) is 18.2 Å². The molecule has 0 N–H and O–H groups in total. The predicted octanol–water partition coefficient (Wildman–Crippen LogP) is 2.90. The molecular weight excluding hydrogens is 262 g/mol. The summed E-state index contributed by atoms with van der Waals surface area (Å²) in [5, 5.41) is -0.364. The first-order valence-electron chi connectivity index (χ1n) is 4.28. The second-order valence-corrected chi connectivity index (χ2v) is 6.81. The Balaban J connectivity index is 2.28. The quantitative estimate of drug-likeness (QED) is 0.773. The first-order chi connectivity index (χ1) is 6.89. The summed E-state index contributed by atoms with van der Waals surface area (Å²) in [5.74, 6) is -0.805. The summed E-state index contributed by atoms with van der Waals surface area (Å²) in [6.07, 6.45) is 0.379. The van der Waals surface area contributed by atoms with Crippen LogP contribution in [0.5, 0.6) is 0 Å². The fourth-order valence-corrected chi connectivity index (χ4v) is 3.34. The minimum absolute atomic E-state index is 0.294. The highest BCUT2D eigenvalue weighted by Crippen LogP contribution is 2.48. The lowest BCUT2D eigenvalue weighted by atomic mass is 10.1. The smallest absolute Gasteiger partial charge is 0.212 e. The van der Waals surface area contributed by atoms with E-state index in [0.29, 0.717) is 17.0 Å². The van der Waals surface area contributed by atoms with Gasteiger partial charge >= 0.3 is 0 Å². The van der Waals surface area contributed by atoms with Crippen LogP contribution >= 0.6 is 22.3 Å². The highest BCUT2D eigenvalue weighted by atomic mass is 35.7. The monoisotopic (exact) mass is 268 g/mol. The van der Waals surface area contributed by atoms with Gasteiger partial charge in [0.05, 0.1) is 5.25 Å². The molecule has 1 aliphatic carbocycles. The number of hydrogen-bond donors (Lipinski definition) is 0. The van der Waals surface area contributed by atoms with E-state index in [9.17, 15) is 12.8 Å². The van der Waals surface area contributed by atoms with Crippen LogP contribution in [0, 0.1) is 5.82 Å². The zero-order chi connectivity index (χ0) is 11.2. The van der Waals surface area contributed by atoms with Crippen LogP contribution < -0.4 is 0 Å². The van der Waals surface area contributed by atoms with E-state index in [1.165, 1.54) is 18.2 Å². The molecule has 0 bridgehead atoms. The number of rotatable bonds is 2. The molecule has 6 heteroatoms. The normalized spacial score (nSPS) is 25.3. The third-order valence-electron chi connectivity index (χ3n) is 2.46. The van der Waals surface area contributed by atoms with Crippen LogP contribution in [0.25, 0.3) is 0 Å². The lowest BCUT2D eigenvalue weighted by Crippen LogP contribution is -2.00. The van der Waals surface area contributed by atoms with E-state index in [-0.39, 0.29) is 5.92 Å². The maximum atomic E-state index is 13.4. The molecule has 2 rings (SSSR count). The first kappa shape index (κ1) is 11.2. The maximum Gasteiger partial charge on any atom is 0.236 e. The van der Waals surface area contributed by atoms with Crippen LogP contribution in [0.2, 0.25) is 5.02 Å². The van der Waals surface area contributed by atoms with Gasteiger partial charge in [-0.2, -0.15) is 0 Å². The molecule has 15 heavy (non-hydrogen) atoms. The molecule has 0 heterocycles. The standard InChI is InChI=1S/C9H7Cl2FO2S/c10-5-1-2-6(8(12)3-5)7-4-9(7)15(11,13)14/h1-3,7,9H,4H2. The fraction of sp³-hybridized carbons (Fsp3) is 0.333. The minimum atomic E-state index is -3.58. The SMILES string of the molecule is O=S(=O)(Cl)C1CC1c1ccc(Cl)cc1F. The molecule has 0 amide bonds. The van der Waals surface area contributed by atoms with E-state index >= 15 is 0 Å². The molecule has 0 spiro atoms. The van der Waals surface area contributed by atoms with Crippen molar-refractivity contribution >= 4 is 31.3 Å². The zero-order valence-corrected chi connectivity index (χ0v) is 9.78. The van der Waals surface area contributed by atoms with Gasteiger partial charge in [0.1, 0.15) is 5.82 Å². The molecule has 0 aliphatic heterocycles. The lowest BCUT2D eigenvalue weighted by molar-refractivity contribution is 0.603. The van der Waals surface area contributed by atoms with E-state index in [0.717, 1.165) is 0 Å². The Morgan fingerprint density at radius 3 is 2.53 bits per heavy atom. The van der Waals surface area contributed by atoms with Gasteiger partial charge in [0.15, 0.2) is 0 Å². The second kappa shape index (κ2) is 3.61. The summed E-state index contributed by atoms with van der Waals surface area (Å²) in [5.41, 5.74) is 0.369. The van der Waals surface area contributed by atoms with E-state index in [1.807, 2.05) is 0 Å². The van der Waals surface area contributed by atoms with Gasteiger partial charge < -0.3 is 0 Å². The zero-order valence-electron chi connectivity index (χ0n) is 7.45.